The van der Waals surface area contributed by atoms with E-state index in [9.17, 15) is 4.39 Å². The highest BCUT2D eigenvalue weighted by Gasteiger charge is 2.50. The van der Waals surface area contributed by atoms with E-state index < -0.39 is 0 Å². The van der Waals surface area contributed by atoms with E-state index in [4.69, 9.17) is 9.72 Å². The van der Waals surface area contributed by atoms with Crippen molar-refractivity contribution in [1.29, 1.82) is 0 Å². The maximum absolute atomic E-state index is 13.6. The zero-order valence-electron chi connectivity index (χ0n) is 17.3. The van der Waals surface area contributed by atoms with Gasteiger partial charge in [-0.1, -0.05) is 6.07 Å². The predicted molar refractivity (Wildman–Crippen MR) is 120 cm³/mol. The van der Waals surface area contributed by atoms with Crippen LogP contribution in [-0.2, 0) is 11.3 Å². The van der Waals surface area contributed by atoms with Crippen molar-refractivity contribution >= 4 is 17.2 Å². The first-order valence-corrected chi connectivity index (χ1v) is 10.8. The van der Waals surface area contributed by atoms with Crippen molar-refractivity contribution in [3.63, 3.8) is 0 Å². The van der Waals surface area contributed by atoms with Gasteiger partial charge in [-0.2, -0.15) is 0 Å². The molecule has 0 saturated carbocycles. The number of halogens is 1. The second kappa shape index (κ2) is 6.51. The number of hydrogen-bond donors (Lipinski definition) is 2. The largest absolute Gasteiger partial charge is 0.380 e. The van der Waals surface area contributed by atoms with Crippen LogP contribution in [0.4, 0.5) is 15.9 Å². The Balaban J connectivity index is 1.42. The minimum atomic E-state index is -0.260. The molecule has 2 aromatic carbocycles. The van der Waals surface area contributed by atoms with Crippen molar-refractivity contribution in [2.75, 3.05) is 36.6 Å². The molecule has 7 nitrogen and oxygen atoms in total. The Bertz CT molecular complexity index is 1350. The number of benzene rings is 2. The predicted octanol–water partition coefficient (Wildman–Crippen LogP) is 3.47. The van der Waals surface area contributed by atoms with Gasteiger partial charge < -0.3 is 15.1 Å². The van der Waals surface area contributed by atoms with Crippen LogP contribution in [0.15, 0.2) is 54.9 Å². The maximum Gasteiger partial charge on any atom is 0.181 e. The monoisotopic (exact) mass is 428 g/mol. The second-order valence-corrected chi connectivity index (χ2v) is 8.96. The molecule has 0 unspecified atom stereocenters. The summed E-state index contributed by atoms with van der Waals surface area (Å²) in [6.07, 6.45) is 3.79. The second-order valence-electron chi connectivity index (χ2n) is 8.96. The lowest BCUT2D eigenvalue weighted by atomic mass is 9.78. The SMILES string of the molecule is Fc1ccc(-c2nc3c(N4CC5(COC5)C4)nccn3c2-c2ccc3c(c2)CNN3)cc1. The van der Waals surface area contributed by atoms with Crippen molar-refractivity contribution in [1.82, 2.24) is 19.8 Å². The zero-order valence-corrected chi connectivity index (χ0v) is 17.3. The fourth-order valence-electron chi connectivity index (χ4n) is 5.00. The number of anilines is 2. The Morgan fingerprint density at radius 2 is 1.84 bits per heavy atom. The molecule has 5 heterocycles. The lowest BCUT2D eigenvalue weighted by Crippen LogP contribution is -2.66. The number of nitrogens with zero attached hydrogens (tertiary/aromatic N) is 4. The average Bonchev–Trinajstić information content (AvgIpc) is 3.36. The molecule has 32 heavy (non-hydrogen) atoms. The Morgan fingerprint density at radius 3 is 2.62 bits per heavy atom. The summed E-state index contributed by atoms with van der Waals surface area (Å²) >= 11 is 0. The summed E-state index contributed by atoms with van der Waals surface area (Å²) in [5.74, 6) is 0.619. The van der Waals surface area contributed by atoms with Gasteiger partial charge in [0.1, 0.15) is 5.82 Å². The molecule has 160 valence electrons. The van der Waals surface area contributed by atoms with E-state index in [1.165, 1.54) is 17.7 Å². The van der Waals surface area contributed by atoms with Crippen LogP contribution >= 0.6 is 0 Å². The van der Waals surface area contributed by atoms with E-state index in [2.05, 4.69) is 43.3 Å². The number of rotatable bonds is 3. The first-order valence-electron chi connectivity index (χ1n) is 10.8. The van der Waals surface area contributed by atoms with Crippen LogP contribution in [0.3, 0.4) is 0 Å². The van der Waals surface area contributed by atoms with E-state index in [1.807, 2.05) is 12.4 Å². The molecular weight excluding hydrogens is 407 g/mol. The van der Waals surface area contributed by atoms with Gasteiger partial charge in [-0.05, 0) is 42.0 Å². The zero-order chi connectivity index (χ0) is 21.3. The highest BCUT2D eigenvalue weighted by atomic mass is 19.1. The van der Waals surface area contributed by atoms with Crippen LogP contribution in [0, 0.1) is 11.2 Å². The summed E-state index contributed by atoms with van der Waals surface area (Å²) in [6, 6.07) is 12.9. The molecule has 2 saturated heterocycles. The van der Waals surface area contributed by atoms with E-state index >= 15 is 0 Å². The van der Waals surface area contributed by atoms with Crippen molar-refractivity contribution in [2.45, 2.75) is 6.54 Å². The van der Waals surface area contributed by atoms with E-state index in [0.29, 0.717) is 0 Å². The fourth-order valence-corrected chi connectivity index (χ4v) is 5.00. The van der Waals surface area contributed by atoms with Gasteiger partial charge in [0.2, 0.25) is 0 Å². The number of aromatic nitrogens is 3. The highest BCUT2D eigenvalue weighted by Crippen LogP contribution is 2.42. The normalized spacial score (nSPS) is 18.3. The molecule has 7 rings (SSSR count). The molecule has 3 aliphatic rings. The van der Waals surface area contributed by atoms with Crippen LogP contribution in [0.25, 0.3) is 28.2 Å². The lowest BCUT2D eigenvalue weighted by molar-refractivity contribution is -0.127. The van der Waals surface area contributed by atoms with Gasteiger partial charge in [-0.3, -0.25) is 4.40 Å². The minimum absolute atomic E-state index is 0.260. The van der Waals surface area contributed by atoms with E-state index in [0.717, 1.165) is 72.5 Å². The quantitative estimate of drug-likeness (QED) is 0.521. The van der Waals surface area contributed by atoms with Gasteiger partial charge in [0.25, 0.3) is 0 Å². The summed E-state index contributed by atoms with van der Waals surface area (Å²) in [6.45, 7) is 4.28. The van der Waals surface area contributed by atoms with E-state index in [1.54, 1.807) is 12.1 Å². The molecule has 0 amide bonds. The summed E-state index contributed by atoms with van der Waals surface area (Å²) < 4.78 is 21.2. The van der Waals surface area contributed by atoms with Crippen LogP contribution < -0.4 is 15.8 Å². The van der Waals surface area contributed by atoms with Gasteiger partial charge in [0.15, 0.2) is 11.5 Å². The Kier molecular flexibility index (Phi) is 3.68. The molecule has 2 N–H and O–H groups in total. The van der Waals surface area contributed by atoms with Crippen molar-refractivity contribution < 1.29 is 9.13 Å². The maximum atomic E-state index is 13.6. The topological polar surface area (TPSA) is 66.7 Å². The molecule has 0 bridgehead atoms. The number of nitrogens with one attached hydrogen (secondary N) is 2. The number of fused-ring (bicyclic) bond motifs is 2. The van der Waals surface area contributed by atoms with Gasteiger partial charge >= 0.3 is 0 Å². The number of ether oxygens (including phenoxy) is 1. The molecular formula is C24H21FN6O. The third kappa shape index (κ3) is 2.60. The summed E-state index contributed by atoms with van der Waals surface area (Å²) in [7, 11) is 0. The van der Waals surface area contributed by atoms with Crippen LogP contribution in [-0.4, -0.2) is 40.7 Å². The lowest BCUT2D eigenvalue weighted by Gasteiger charge is -2.55. The smallest absolute Gasteiger partial charge is 0.181 e. The number of hydrogen-bond acceptors (Lipinski definition) is 6. The fraction of sp³-hybridized carbons (Fsp3) is 0.250. The first kappa shape index (κ1) is 18.1. The Labute approximate surface area is 183 Å². The molecule has 0 aliphatic carbocycles. The molecule has 4 aromatic rings. The summed E-state index contributed by atoms with van der Waals surface area (Å²) in [5.41, 5.74) is 13.5. The molecule has 2 aromatic heterocycles. The third-order valence-corrected chi connectivity index (χ3v) is 6.69. The molecule has 0 atom stereocenters. The van der Waals surface area contributed by atoms with Crippen molar-refractivity contribution in [3.05, 3.63) is 66.2 Å². The number of hydrazine groups is 1. The van der Waals surface area contributed by atoms with Gasteiger partial charge in [-0.25, -0.2) is 19.8 Å². The molecule has 0 radical (unpaired) electrons. The molecule has 8 heteroatoms. The van der Waals surface area contributed by atoms with Gasteiger partial charge in [-0.15, -0.1) is 0 Å². The van der Waals surface area contributed by atoms with Gasteiger partial charge in [0.05, 0.1) is 35.7 Å². The first-order chi connectivity index (χ1) is 15.7. The highest BCUT2D eigenvalue weighted by molar-refractivity contribution is 5.86. The average molecular weight is 428 g/mol. The van der Waals surface area contributed by atoms with E-state index in [-0.39, 0.29) is 11.2 Å². The molecule has 1 spiro atoms. The summed E-state index contributed by atoms with van der Waals surface area (Å²) in [4.78, 5) is 12.0. The summed E-state index contributed by atoms with van der Waals surface area (Å²) in [5, 5.41) is 0. The van der Waals surface area contributed by atoms with Crippen LogP contribution in [0.5, 0.6) is 0 Å². The third-order valence-electron chi connectivity index (χ3n) is 6.69. The van der Waals surface area contributed by atoms with Crippen LogP contribution in [0.2, 0.25) is 0 Å². The Hall–Kier alpha value is -3.49. The Morgan fingerprint density at radius 1 is 1.03 bits per heavy atom. The standard InChI is InChI=1S/C24H21FN6O/c25-18-4-1-15(2-5-18)20-21(16-3-6-19-17(9-16)10-27-29-19)31-8-7-26-22(23(31)28-20)30-11-24(12-30)13-32-14-24/h1-9,27,29H,10-14H2. The molecule has 2 fully saturated rings. The van der Waals surface area contributed by atoms with Crippen molar-refractivity contribution in [3.8, 4) is 22.5 Å². The minimum Gasteiger partial charge on any atom is -0.380 e. The van der Waals surface area contributed by atoms with Crippen molar-refractivity contribution in [2.24, 2.45) is 5.41 Å². The van der Waals surface area contributed by atoms with Crippen LogP contribution in [0.1, 0.15) is 5.56 Å². The molecule has 3 aliphatic heterocycles. The van der Waals surface area contributed by atoms with Gasteiger partial charge in [0, 0.05) is 43.2 Å². The number of imidazole rings is 1.